The summed E-state index contributed by atoms with van der Waals surface area (Å²) in [4.78, 5) is 31.3. The largest absolute Gasteiger partial charge is 0.497 e. The summed E-state index contributed by atoms with van der Waals surface area (Å²) in [5, 5.41) is 6.99. The molecule has 1 aliphatic heterocycles. The van der Waals surface area contributed by atoms with Crippen molar-refractivity contribution in [3.63, 3.8) is 0 Å². The Labute approximate surface area is 192 Å². The molecule has 1 atom stereocenters. The molecule has 1 saturated heterocycles. The van der Waals surface area contributed by atoms with Gasteiger partial charge in [-0.2, -0.15) is 4.98 Å². The molecule has 172 valence electrons. The average Bonchev–Trinajstić information content (AvgIpc) is 3.34. The summed E-state index contributed by atoms with van der Waals surface area (Å²) in [6.45, 7) is 4.94. The number of likely N-dealkylation sites (tertiary alicyclic amines) is 1. The molecular formula is C25H28N4O4. The van der Waals surface area contributed by atoms with Gasteiger partial charge >= 0.3 is 0 Å². The number of piperidine rings is 1. The molecule has 0 saturated carbocycles. The second-order valence-corrected chi connectivity index (χ2v) is 8.21. The smallest absolute Gasteiger partial charge is 0.254 e. The summed E-state index contributed by atoms with van der Waals surface area (Å²) < 4.78 is 10.8. The van der Waals surface area contributed by atoms with Gasteiger partial charge in [-0.25, -0.2) is 0 Å². The third-order valence-electron chi connectivity index (χ3n) is 5.89. The molecule has 0 bridgehead atoms. The zero-order valence-electron chi connectivity index (χ0n) is 19.1. The molecule has 2 amide bonds. The van der Waals surface area contributed by atoms with Crippen LogP contribution in [0.15, 0.2) is 47.0 Å². The van der Waals surface area contributed by atoms with Crippen LogP contribution in [0.1, 0.15) is 53.9 Å². The van der Waals surface area contributed by atoms with E-state index in [1.54, 1.807) is 14.0 Å². The monoisotopic (exact) mass is 448 g/mol. The highest BCUT2D eigenvalue weighted by Gasteiger charge is 2.30. The van der Waals surface area contributed by atoms with Crippen molar-refractivity contribution in [1.82, 2.24) is 15.0 Å². The van der Waals surface area contributed by atoms with Crippen molar-refractivity contribution in [2.75, 3.05) is 25.5 Å². The van der Waals surface area contributed by atoms with Crippen molar-refractivity contribution in [1.29, 1.82) is 0 Å². The zero-order chi connectivity index (χ0) is 23.4. The Morgan fingerprint density at radius 3 is 2.85 bits per heavy atom. The van der Waals surface area contributed by atoms with Crippen LogP contribution in [-0.2, 0) is 4.79 Å². The van der Waals surface area contributed by atoms with E-state index in [-0.39, 0.29) is 17.7 Å². The molecule has 0 radical (unpaired) electrons. The van der Waals surface area contributed by atoms with Crippen LogP contribution < -0.4 is 10.1 Å². The fourth-order valence-electron chi connectivity index (χ4n) is 4.04. The first-order chi connectivity index (χ1) is 16.0. The minimum Gasteiger partial charge on any atom is -0.497 e. The molecule has 3 aromatic rings. The van der Waals surface area contributed by atoms with Gasteiger partial charge in [0.2, 0.25) is 17.6 Å². The lowest BCUT2D eigenvalue weighted by atomic mass is 9.96. The highest BCUT2D eigenvalue weighted by atomic mass is 16.5. The van der Waals surface area contributed by atoms with Crippen LogP contribution in [0.5, 0.6) is 5.75 Å². The van der Waals surface area contributed by atoms with E-state index in [2.05, 4.69) is 15.5 Å². The summed E-state index contributed by atoms with van der Waals surface area (Å²) in [5.41, 5.74) is 3.01. The number of nitrogens with zero attached hydrogens (tertiary/aromatic N) is 3. The Balaban J connectivity index is 1.48. The number of rotatable bonds is 6. The SMILES string of the molecule is CCC(=O)Nc1cccc(-c2noc([C@H]3CCCN(C(=O)c4ccc(OC)cc4C)C3)n2)c1. The lowest BCUT2D eigenvalue weighted by Gasteiger charge is -2.31. The number of carbonyl (C=O) groups excluding carboxylic acids is 2. The van der Waals surface area contributed by atoms with Gasteiger partial charge in [-0.05, 0) is 55.7 Å². The van der Waals surface area contributed by atoms with Crippen molar-refractivity contribution in [2.24, 2.45) is 0 Å². The first kappa shape index (κ1) is 22.5. The van der Waals surface area contributed by atoms with Gasteiger partial charge in [0.1, 0.15) is 5.75 Å². The van der Waals surface area contributed by atoms with E-state index in [9.17, 15) is 9.59 Å². The molecule has 2 aromatic carbocycles. The van der Waals surface area contributed by atoms with Crippen LogP contribution in [0.4, 0.5) is 5.69 Å². The maximum atomic E-state index is 13.2. The van der Waals surface area contributed by atoms with E-state index >= 15 is 0 Å². The Morgan fingerprint density at radius 2 is 2.09 bits per heavy atom. The lowest BCUT2D eigenvalue weighted by Crippen LogP contribution is -2.39. The third-order valence-corrected chi connectivity index (χ3v) is 5.89. The Kier molecular flexibility index (Phi) is 6.72. The van der Waals surface area contributed by atoms with Crippen molar-refractivity contribution in [3.05, 3.63) is 59.5 Å². The van der Waals surface area contributed by atoms with Crippen LogP contribution in [0.2, 0.25) is 0 Å². The summed E-state index contributed by atoms with van der Waals surface area (Å²) in [6.07, 6.45) is 2.14. The quantitative estimate of drug-likeness (QED) is 0.599. The Bertz CT molecular complexity index is 1160. The maximum Gasteiger partial charge on any atom is 0.254 e. The predicted octanol–water partition coefficient (Wildman–Crippen LogP) is 4.42. The van der Waals surface area contributed by atoms with Crippen molar-refractivity contribution in [2.45, 2.75) is 39.0 Å². The molecule has 8 heteroatoms. The van der Waals surface area contributed by atoms with Crippen LogP contribution in [0, 0.1) is 6.92 Å². The number of hydrogen-bond acceptors (Lipinski definition) is 6. The van der Waals surface area contributed by atoms with Crippen LogP contribution in [-0.4, -0.2) is 47.1 Å². The number of anilines is 1. The summed E-state index contributed by atoms with van der Waals surface area (Å²) in [6, 6.07) is 12.9. The zero-order valence-corrected chi connectivity index (χ0v) is 19.1. The second-order valence-electron chi connectivity index (χ2n) is 8.21. The molecule has 4 rings (SSSR count). The molecule has 0 unspecified atom stereocenters. The van der Waals surface area contributed by atoms with E-state index in [0.29, 0.717) is 42.5 Å². The first-order valence-corrected chi connectivity index (χ1v) is 11.2. The molecule has 1 fully saturated rings. The highest BCUT2D eigenvalue weighted by molar-refractivity contribution is 5.96. The highest BCUT2D eigenvalue weighted by Crippen LogP contribution is 2.29. The van der Waals surface area contributed by atoms with Gasteiger partial charge in [-0.15, -0.1) is 0 Å². The summed E-state index contributed by atoms with van der Waals surface area (Å²) in [5.74, 6) is 1.64. The minimum atomic E-state index is -0.0555. The number of amides is 2. The normalized spacial score (nSPS) is 15.8. The van der Waals surface area contributed by atoms with Crippen LogP contribution in [0.25, 0.3) is 11.4 Å². The van der Waals surface area contributed by atoms with Gasteiger partial charge < -0.3 is 19.5 Å². The van der Waals surface area contributed by atoms with E-state index in [1.807, 2.05) is 54.3 Å². The predicted molar refractivity (Wildman–Crippen MR) is 124 cm³/mol. The van der Waals surface area contributed by atoms with E-state index in [1.165, 1.54) is 0 Å². The number of ether oxygens (including phenoxy) is 1. The van der Waals surface area contributed by atoms with Gasteiger partial charge in [-0.3, -0.25) is 9.59 Å². The standard InChI is InChI=1S/C25H28N4O4/c1-4-22(30)26-19-9-5-7-17(14-19)23-27-24(33-28-23)18-8-6-12-29(15-18)25(31)21-11-10-20(32-3)13-16(21)2/h5,7,9-11,13-14,18H,4,6,8,12,15H2,1-3H3,(H,26,30)/t18-/m0/s1. The molecule has 1 aliphatic rings. The molecule has 1 aromatic heterocycles. The lowest BCUT2D eigenvalue weighted by molar-refractivity contribution is -0.115. The summed E-state index contributed by atoms with van der Waals surface area (Å²) in [7, 11) is 1.61. The first-order valence-electron chi connectivity index (χ1n) is 11.2. The van der Waals surface area contributed by atoms with Crippen LogP contribution >= 0.6 is 0 Å². The van der Waals surface area contributed by atoms with E-state index < -0.39 is 0 Å². The van der Waals surface area contributed by atoms with Crippen molar-refractivity contribution < 1.29 is 18.8 Å². The molecule has 33 heavy (non-hydrogen) atoms. The number of methoxy groups -OCH3 is 1. The van der Waals surface area contributed by atoms with E-state index in [0.717, 1.165) is 29.7 Å². The molecular weight excluding hydrogens is 420 g/mol. The molecule has 0 aliphatic carbocycles. The Morgan fingerprint density at radius 1 is 1.24 bits per heavy atom. The van der Waals surface area contributed by atoms with Gasteiger partial charge in [0, 0.05) is 36.3 Å². The van der Waals surface area contributed by atoms with Crippen LogP contribution in [0.3, 0.4) is 0 Å². The molecule has 1 N–H and O–H groups in total. The average molecular weight is 449 g/mol. The molecule has 2 heterocycles. The van der Waals surface area contributed by atoms with Gasteiger partial charge in [0.25, 0.3) is 5.91 Å². The number of benzene rings is 2. The number of nitrogens with one attached hydrogen (secondary N) is 1. The fraction of sp³-hybridized carbons (Fsp3) is 0.360. The van der Waals surface area contributed by atoms with Gasteiger partial charge in [-0.1, -0.05) is 24.2 Å². The maximum absolute atomic E-state index is 13.2. The van der Waals surface area contributed by atoms with Gasteiger partial charge in [0.05, 0.1) is 13.0 Å². The number of hydrogen-bond donors (Lipinski definition) is 1. The fourth-order valence-corrected chi connectivity index (χ4v) is 4.04. The Hall–Kier alpha value is -3.68. The topological polar surface area (TPSA) is 97.6 Å². The number of carbonyl (C=O) groups is 2. The van der Waals surface area contributed by atoms with E-state index in [4.69, 9.17) is 9.26 Å². The second kappa shape index (κ2) is 9.85. The minimum absolute atomic E-state index is 0.000964. The molecule has 8 nitrogen and oxygen atoms in total. The third kappa shape index (κ3) is 5.05. The van der Waals surface area contributed by atoms with Crippen molar-refractivity contribution in [3.8, 4) is 17.1 Å². The molecule has 0 spiro atoms. The number of aryl methyl sites for hydroxylation is 1. The van der Waals surface area contributed by atoms with Gasteiger partial charge in [0.15, 0.2) is 0 Å². The van der Waals surface area contributed by atoms with Crippen molar-refractivity contribution >= 4 is 17.5 Å². The summed E-state index contributed by atoms with van der Waals surface area (Å²) >= 11 is 0. The number of aromatic nitrogens is 2.